The van der Waals surface area contributed by atoms with Gasteiger partial charge in [-0.2, -0.15) is 0 Å². The van der Waals surface area contributed by atoms with Crippen molar-refractivity contribution in [3.05, 3.63) is 56.7 Å². The van der Waals surface area contributed by atoms with E-state index in [1.54, 1.807) is 11.3 Å². The Morgan fingerprint density at radius 3 is 2.44 bits per heavy atom. The van der Waals surface area contributed by atoms with Crippen LogP contribution in [-0.2, 0) is 32.1 Å². The molecule has 2 heterocycles. The first kappa shape index (κ1) is 20.9. The van der Waals surface area contributed by atoms with Gasteiger partial charge in [0.25, 0.3) is 0 Å². The van der Waals surface area contributed by atoms with Crippen LogP contribution in [0.4, 0.5) is 0 Å². The van der Waals surface area contributed by atoms with Crippen LogP contribution in [0.5, 0.6) is 0 Å². The van der Waals surface area contributed by atoms with Crippen LogP contribution in [0.1, 0.15) is 22.0 Å². The summed E-state index contributed by atoms with van der Waals surface area (Å²) in [6, 6.07) is 9.16. The summed E-state index contributed by atoms with van der Waals surface area (Å²) in [5.74, 6) is -3.91. The van der Waals surface area contributed by atoms with E-state index in [4.69, 9.17) is 36.1 Å². The van der Waals surface area contributed by atoms with Gasteiger partial charge in [-0.1, -0.05) is 29.8 Å². The highest BCUT2D eigenvalue weighted by Crippen LogP contribution is 2.33. The standard InChI is InChI=1S/C16H16ClNO2S.C2H2O4/c1-20-16(19)15(12-4-2-3-5-13(12)17)18-8-6-14-11(10-18)7-9-21-14;3-1(4)2(5)6/h2-5,7,9,15H,6,8,10H2,1H3;(H,3,4)(H,5,6). The van der Waals surface area contributed by atoms with Crippen LogP contribution in [-0.4, -0.2) is 46.7 Å². The molecule has 1 aliphatic heterocycles. The number of carbonyl (C=O) groups is 3. The van der Waals surface area contributed by atoms with Crippen molar-refractivity contribution in [1.82, 2.24) is 4.90 Å². The Kier molecular flexibility index (Phi) is 7.35. The topological polar surface area (TPSA) is 104 Å². The number of rotatable bonds is 3. The van der Waals surface area contributed by atoms with Crippen LogP contribution in [0.3, 0.4) is 0 Å². The fourth-order valence-electron chi connectivity index (χ4n) is 2.77. The number of hydrogen-bond donors (Lipinski definition) is 2. The normalized spacial score (nSPS) is 14.3. The minimum atomic E-state index is -1.82. The van der Waals surface area contributed by atoms with E-state index in [1.165, 1.54) is 17.6 Å². The molecule has 1 atom stereocenters. The number of benzene rings is 1. The smallest absolute Gasteiger partial charge is 0.414 e. The molecule has 1 aromatic carbocycles. The Morgan fingerprint density at radius 1 is 1.19 bits per heavy atom. The molecule has 0 saturated carbocycles. The highest BCUT2D eigenvalue weighted by Gasteiger charge is 2.32. The molecule has 2 N–H and O–H groups in total. The predicted octanol–water partition coefficient (Wildman–Crippen LogP) is 2.83. The van der Waals surface area contributed by atoms with Crippen LogP contribution in [0.15, 0.2) is 35.7 Å². The van der Waals surface area contributed by atoms with Gasteiger partial charge in [0, 0.05) is 23.0 Å². The van der Waals surface area contributed by atoms with Gasteiger partial charge < -0.3 is 14.9 Å². The van der Waals surface area contributed by atoms with Crippen molar-refractivity contribution >= 4 is 40.8 Å². The third-order valence-corrected chi connectivity index (χ3v) is 5.38. The predicted molar refractivity (Wildman–Crippen MR) is 99.9 cm³/mol. The minimum Gasteiger partial charge on any atom is -0.473 e. The number of methoxy groups -OCH3 is 1. The number of nitrogens with zero attached hydrogens (tertiary/aromatic N) is 1. The molecule has 0 fully saturated rings. The third kappa shape index (κ3) is 5.29. The van der Waals surface area contributed by atoms with E-state index in [1.807, 2.05) is 24.3 Å². The Balaban J connectivity index is 0.000000380. The van der Waals surface area contributed by atoms with Gasteiger partial charge in [0.05, 0.1) is 7.11 Å². The van der Waals surface area contributed by atoms with Gasteiger partial charge in [0.2, 0.25) is 0 Å². The number of carboxylic acids is 2. The van der Waals surface area contributed by atoms with E-state index in [0.29, 0.717) is 5.02 Å². The maximum atomic E-state index is 12.3. The molecule has 9 heteroatoms. The van der Waals surface area contributed by atoms with Crippen molar-refractivity contribution in [2.45, 2.75) is 19.0 Å². The molecular weight excluding hydrogens is 394 g/mol. The van der Waals surface area contributed by atoms with E-state index in [-0.39, 0.29) is 5.97 Å². The van der Waals surface area contributed by atoms with Gasteiger partial charge in [0.15, 0.2) is 0 Å². The largest absolute Gasteiger partial charge is 0.473 e. The zero-order chi connectivity index (χ0) is 20.0. The molecule has 0 aliphatic carbocycles. The van der Waals surface area contributed by atoms with Gasteiger partial charge in [-0.3, -0.25) is 4.90 Å². The minimum absolute atomic E-state index is 0.262. The molecule has 3 rings (SSSR count). The molecule has 1 unspecified atom stereocenters. The van der Waals surface area contributed by atoms with Crippen molar-refractivity contribution < 1.29 is 29.3 Å². The van der Waals surface area contributed by atoms with Gasteiger partial charge in [-0.15, -0.1) is 11.3 Å². The van der Waals surface area contributed by atoms with E-state index >= 15 is 0 Å². The molecule has 2 aromatic rings. The van der Waals surface area contributed by atoms with Crippen LogP contribution in [0, 0.1) is 0 Å². The summed E-state index contributed by atoms with van der Waals surface area (Å²) in [4.78, 5) is 34.0. The van der Waals surface area contributed by atoms with E-state index in [0.717, 1.165) is 25.1 Å². The molecule has 0 saturated heterocycles. The second-order valence-corrected chi connectivity index (χ2v) is 7.05. The Morgan fingerprint density at radius 2 is 1.85 bits per heavy atom. The van der Waals surface area contributed by atoms with Crippen molar-refractivity contribution in [3.63, 3.8) is 0 Å². The average Bonchev–Trinajstić information content (AvgIpc) is 3.11. The van der Waals surface area contributed by atoms with Crippen LogP contribution >= 0.6 is 22.9 Å². The molecule has 0 amide bonds. The van der Waals surface area contributed by atoms with Gasteiger partial charge in [-0.05, 0) is 35.1 Å². The molecule has 144 valence electrons. The fourth-order valence-corrected chi connectivity index (χ4v) is 3.90. The molecule has 1 aromatic heterocycles. The fraction of sp³-hybridized carbons (Fsp3) is 0.278. The summed E-state index contributed by atoms with van der Waals surface area (Å²) in [7, 11) is 1.42. The summed E-state index contributed by atoms with van der Waals surface area (Å²) >= 11 is 8.07. The quantitative estimate of drug-likeness (QED) is 0.591. The number of hydrogen-bond acceptors (Lipinski definition) is 6. The van der Waals surface area contributed by atoms with Crippen molar-refractivity contribution in [2.75, 3.05) is 13.7 Å². The number of esters is 1. The van der Waals surface area contributed by atoms with Crippen molar-refractivity contribution in [3.8, 4) is 0 Å². The van der Waals surface area contributed by atoms with Crippen molar-refractivity contribution in [2.24, 2.45) is 0 Å². The molecule has 7 nitrogen and oxygen atoms in total. The highest BCUT2D eigenvalue weighted by molar-refractivity contribution is 7.10. The first-order chi connectivity index (χ1) is 12.8. The lowest BCUT2D eigenvalue weighted by atomic mass is 10.0. The lowest BCUT2D eigenvalue weighted by molar-refractivity contribution is -0.159. The second kappa shape index (κ2) is 9.50. The first-order valence-electron chi connectivity index (χ1n) is 7.93. The number of carboxylic acid groups (broad SMARTS) is 2. The molecule has 0 bridgehead atoms. The molecule has 27 heavy (non-hydrogen) atoms. The lowest BCUT2D eigenvalue weighted by Gasteiger charge is -2.33. The monoisotopic (exact) mass is 411 g/mol. The highest BCUT2D eigenvalue weighted by atomic mass is 35.5. The van der Waals surface area contributed by atoms with Crippen LogP contribution < -0.4 is 0 Å². The number of fused-ring (bicyclic) bond motifs is 1. The Bertz CT molecular complexity index is 825. The van der Waals surface area contributed by atoms with Gasteiger partial charge in [-0.25, -0.2) is 14.4 Å². The van der Waals surface area contributed by atoms with Crippen LogP contribution in [0.2, 0.25) is 5.02 Å². The summed E-state index contributed by atoms with van der Waals surface area (Å²) in [6.45, 7) is 1.59. The summed E-state index contributed by atoms with van der Waals surface area (Å²) in [6.07, 6.45) is 0.963. The number of carbonyl (C=O) groups excluding carboxylic acids is 1. The summed E-state index contributed by atoms with van der Waals surface area (Å²) in [5, 5.41) is 17.5. The second-order valence-electron chi connectivity index (χ2n) is 5.65. The summed E-state index contributed by atoms with van der Waals surface area (Å²) < 4.78 is 5.01. The molecule has 0 spiro atoms. The maximum Gasteiger partial charge on any atom is 0.414 e. The van der Waals surface area contributed by atoms with Crippen molar-refractivity contribution in [1.29, 1.82) is 0 Å². The van der Waals surface area contributed by atoms with Gasteiger partial charge in [0.1, 0.15) is 6.04 Å². The number of thiophene rings is 1. The Hall–Kier alpha value is -2.42. The van der Waals surface area contributed by atoms with Gasteiger partial charge >= 0.3 is 17.9 Å². The number of aliphatic carboxylic acids is 2. The number of halogens is 1. The zero-order valence-electron chi connectivity index (χ0n) is 14.4. The average molecular weight is 412 g/mol. The number of ether oxygens (including phenoxy) is 1. The zero-order valence-corrected chi connectivity index (χ0v) is 16.0. The first-order valence-corrected chi connectivity index (χ1v) is 9.18. The van der Waals surface area contributed by atoms with E-state index in [9.17, 15) is 4.79 Å². The molecule has 1 aliphatic rings. The van der Waals surface area contributed by atoms with E-state index in [2.05, 4.69) is 16.3 Å². The Labute approximate surface area is 164 Å². The lowest BCUT2D eigenvalue weighted by Crippen LogP contribution is -2.38. The third-order valence-electron chi connectivity index (χ3n) is 4.01. The molecular formula is C18H18ClNO6S. The maximum absolute atomic E-state index is 12.3. The SMILES string of the molecule is COC(=O)C(c1ccccc1Cl)N1CCc2sccc2C1.O=C(O)C(=O)O. The van der Waals surface area contributed by atoms with E-state index < -0.39 is 18.0 Å². The molecule has 0 radical (unpaired) electrons. The summed E-state index contributed by atoms with van der Waals surface area (Å²) in [5.41, 5.74) is 2.11. The van der Waals surface area contributed by atoms with Crippen LogP contribution in [0.25, 0.3) is 0 Å².